The van der Waals surface area contributed by atoms with Crippen LogP contribution < -0.4 is 4.57 Å². The molecule has 0 spiro atoms. The first-order valence-electron chi connectivity index (χ1n) is 10.8. The molecule has 0 atom stereocenters. The topological polar surface area (TPSA) is 30.2 Å². The van der Waals surface area contributed by atoms with Crippen molar-refractivity contribution < 1.29 is 13.4 Å². The fourth-order valence-electron chi connectivity index (χ4n) is 5.09. The van der Waals surface area contributed by atoms with Crippen LogP contribution in [0.25, 0.3) is 66.0 Å². The molecule has 0 bridgehead atoms. The van der Waals surface area contributed by atoms with Crippen molar-refractivity contribution >= 4 is 54.8 Å². The van der Waals surface area contributed by atoms with E-state index in [-0.39, 0.29) is 0 Å². The smallest absolute Gasteiger partial charge is 0.216 e. The Balaban J connectivity index is 1.62. The van der Waals surface area contributed by atoms with Crippen molar-refractivity contribution in [3.05, 3.63) is 90.5 Å². The molecule has 0 amide bonds. The largest absolute Gasteiger partial charge is 0.452 e. The van der Waals surface area contributed by atoms with Gasteiger partial charge in [-0.2, -0.15) is 4.57 Å². The fraction of sp³-hybridized carbons (Fsp3) is 0.0690. The maximum Gasteiger partial charge on any atom is 0.216 e. The minimum absolute atomic E-state index is 0.809. The number of hydrogen-bond acceptors (Lipinski definition) is 2. The predicted molar refractivity (Wildman–Crippen MR) is 130 cm³/mol. The summed E-state index contributed by atoms with van der Waals surface area (Å²) >= 11 is 0. The second-order valence-electron chi connectivity index (χ2n) is 8.49. The normalized spacial score (nSPS) is 12.1. The van der Waals surface area contributed by atoms with Gasteiger partial charge in [-0.15, -0.1) is 0 Å². The summed E-state index contributed by atoms with van der Waals surface area (Å²) in [5.74, 6) is 0. The number of nitrogens with zero attached hydrogens (tertiary/aromatic N) is 1. The standard InChI is InChI=1S/C29H20NO2/c1-17-11-13-21-22-15-14-20-19-8-4-6-10-25(19)31-28(20)29(22)32-27(21)26(17)24-16-12-18-7-3-5-9-23(18)30(24)2/h3-16H,1-2H3/q+1. The summed E-state index contributed by atoms with van der Waals surface area (Å²) in [5, 5.41) is 5.61. The second kappa shape index (κ2) is 6.21. The number of fused-ring (bicyclic) bond motifs is 8. The summed E-state index contributed by atoms with van der Waals surface area (Å²) in [4.78, 5) is 0. The third-order valence-electron chi connectivity index (χ3n) is 6.70. The van der Waals surface area contributed by atoms with E-state index in [0.717, 1.165) is 55.1 Å². The number of benzene rings is 4. The lowest BCUT2D eigenvalue weighted by atomic mass is 9.99. The molecule has 0 aliphatic rings. The Bertz CT molecular complexity index is 1850. The summed E-state index contributed by atoms with van der Waals surface area (Å²) in [5.41, 5.74) is 8.03. The fourth-order valence-corrected chi connectivity index (χ4v) is 5.09. The number of furan rings is 2. The lowest BCUT2D eigenvalue weighted by Crippen LogP contribution is -2.32. The Kier molecular flexibility index (Phi) is 3.41. The highest BCUT2D eigenvalue weighted by Gasteiger charge is 2.23. The maximum atomic E-state index is 6.62. The summed E-state index contributed by atoms with van der Waals surface area (Å²) in [7, 11) is 2.12. The molecule has 0 unspecified atom stereocenters. The molecule has 152 valence electrons. The van der Waals surface area contributed by atoms with Gasteiger partial charge in [0.1, 0.15) is 18.2 Å². The minimum atomic E-state index is 0.809. The molecule has 3 heteroatoms. The highest BCUT2D eigenvalue weighted by molar-refractivity contribution is 6.20. The van der Waals surface area contributed by atoms with Gasteiger partial charge in [-0.3, -0.25) is 0 Å². The molecule has 0 radical (unpaired) electrons. The molecule has 4 aromatic carbocycles. The van der Waals surface area contributed by atoms with Crippen molar-refractivity contribution in [1.82, 2.24) is 0 Å². The van der Waals surface area contributed by atoms with Gasteiger partial charge in [0, 0.05) is 39.1 Å². The van der Waals surface area contributed by atoms with Crippen LogP contribution in [-0.2, 0) is 7.05 Å². The van der Waals surface area contributed by atoms with Crippen LogP contribution >= 0.6 is 0 Å². The van der Waals surface area contributed by atoms with Crippen molar-refractivity contribution in [3.8, 4) is 11.3 Å². The Morgan fingerprint density at radius 1 is 0.594 bits per heavy atom. The monoisotopic (exact) mass is 414 g/mol. The Hall–Kier alpha value is -4.11. The van der Waals surface area contributed by atoms with Crippen molar-refractivity contribution in [2.75, 3.05) is 0 Å². The number of rotatable bonds is 1. The summed E-state index contributed by atoms with van der Waals surface area (Å²) < 4.78 is 15.1. The van der Waals surface area contributed by atoms with E-state index >= 15 is 0 Å². The summed E-state index contributed by atoms with van der Waals surface area (Å²) in [6.07, 6.45) is 0. The lowest BCUT2D eigenvalue weighted by molar-refractivity contribution is -0.633. The zero-order valence-electron chi connectivity index (χ0n) is 17.8. The van der Waals surface area contributed by atoms with Gasteiger partial charge in [-0.05, 0) is 42.8 Å². The van der Waals surface area contributed by atoms with Crippen LogP contribution in [0.4, 0.5) is 0 Å². The highest BCUT2D eigenvalue weighted by atomic mass is 16.4. The Morgan fingerprint density at radius 3 is 2.19 bits per heavy atom. The number of hydrogen-bond donors (Lipinski definition) is 0. The van der Waals surface area contributed by atoms with E-state index < -0.39 is 0 Å². The molecule has 0 aliphatic carbocycles. The zero-order chi connectivity index (χ0) is 21.4. The van der Waals surface area contributed by atoms with Gasteiger partial charge < -0.3 is 8.83 Å². The van der Waals surface area contributed by atoms with E-state index in [1.54, 1.807) is 0 Å². The van der Waals surface area contributed by atoms with Gasteiger partial charge in [0.2, 0.25) is 11.2 Å². The van der Waals surface area contributed by atoms with Gasteiger partial charge in [0.15, 0.2) is 11.2 Å². The van der Waals surface area contributed by atoms with Crippen molar-refractivity contribution in [1.29, 1.82) is 0 Å². The van der Waals surface area contributed by atoms with Crippen LogP contribution in [0.15, 0.2) is 93.8 Å². The molecule has 0 saturated heterocycles. The third kappa shape index (κ3) is 2.23. The van der Waals surface area contributed by atoms with Crippen LogP contribution in [0, 0.1) is 6.92 Å². The minimum Gasteiger partial charge on any atom is -0.452 e. The first kappa shape index (κ1) is 17.6. The van der Waals surface area contributed by atoms with Crippen LogP contribution in [0.3, 0.4) is 0 Å². The Labute approximate surface area is 184 Å². The number of para-hydroxylation sites is 2. The average Bonchev–Trinajstić information content (AvgIpc) is 3.38. The number of pyridine rings is 1. The maximum absolute atomic E-state index is 6.62. The van der Waals surface area contributed by atoms with Crippen LogP contribution in [-0.4, -0.2) is 0 Å². The molecular weight excluding hydrogens is 394 g/mol. The molecule has 0 aliphatic heterocycles. The number of aryl methyl sites for hydroxylation is 2. The molecule has 0 N–H and O–H groups in total. The predicted octanol–water partition coefficient (Wildman–Crippen LogP) is 7.44. The van der Waals surface area contributed by atoms with Crippen molar-refractivity contribution in [3.63, 3.8) is 0 Å². The van der Waals surface area contributed by atoms with E-state index in [1.807, 2.05) is 18.2 Å². The zero-order valence-corrected chi connectivity index (χ0v) is 17.8. The van der Waals surface area contributed by atoms with E-state index in [9.17, 15) is 0 Å². The average molecular weight is 414 g/mol. The van der Waals surface area contributed by atoms with Gasteiger partial charge in [-0.1, -0.05) is 42.5 Å². The molecule has 7 rings (SSSR count). The van der Waals surface area contributed by atoms with Gasteiger partial charge in [0.25, 0.3) is 0 Å². The summed E-state index contributed by atoms with van der Waals surface area (Å²) in [6.45, 7) is 2.15. The van der Waals surface area contributed by atoms with Crippen LogP contribution in [0.5, 0.6) is 0 Å². The molecule has 3 aromatic heterocycles. The van der Waals surface area contributed by atoms with Gasteiger partial charge >= 0.3 is 0 Å². The second-order valence-corrected chi connectivity index (χ2v) is 8.49. The van der Waals surface area contributed by atoms with E-state index in [1.165, 1.54) is 16.5 Å². The molecule has 3 nitrogen and oxygen atoms in total. The van der Waals surface area contributed by atoms with Crippen LogP contribution in [0.2, 0.25) is 0 Å². The van der Waals surface area contributed by atoms with E-state index in [4.69, 9.17) is 8.83 Å². The first-order valence-corrected chi connectivity index (χ1v) is 10.8. The van der Waals surface area contributed by atoms with Gasteiger partial charge in [0.05, 0.1) is 5.56 Å². The van der Waals surface area contributed by atoms with E-state index in [0.29, 0.717) is 0 Å². The highest BCUT2D eigenvalue weighted by Crippen LogP contribution is 2.41. The van der Waals surface area contributed by atoms with Crippen molar-refractivity contribution in [2.45, 2.75) is 6.92 Å². The van der Waals surface area contributed by atoms with E-state index in [2.05, 4.69) is 85.3 Å². The molecule has 7 aromatic rings. The molecular formula is C29H20NO2+. The van der Waals surface area contributed by atoms with Crippen molar-refractivity contribution in [2.24, 2.45) is 7.05 Å². The first-order chi connectivity index (χ1) is 15.7. The molecule has 32 heavy (non-hydrogen) atoms. The lowest BCUT2D eigenvalue weighted by Gasteiger charge is -2.07. The number of aromatic nitrogens is 1. The molecule has 3 heterocycles. The molecule has 0 fully saturated rings. The summed E-state index contributed by atoms with van der Waals surface area (Å²) in [6, 6.07) is 29.6. The van der Waals surface area contributed by atoms with Crippen LogP contribution in [0.1, 0.15) is 5.56 Å². The third-order valence-corrected chi connectivity index (χ3v) is 6.70. The molecule has 0 saturated carbocycles. The SMILES string of the molecule is Cc1ccc2c(oc3c2ccc2c4ccccc4oc23)c1-c1ccc2ccccc2[n+]1C. The Morgan fingerprint density at radius 2 is 1.28 bits per heavy atom. The van der Waals surface area contributed by atoms with Gasteiger partial charge in [-0.25, -0.2) is 0 Å². The quantitative estimate of drug-likeness (QED) is 0.261.